The molecule has 2 heterocycles. The van der Waals surface area contributed by atoms with Gasteiger partial charge in [0.25, 0.3) is 5.78 Å². The SMILES string of the molecule is Cc1c(Cl)nc2ncnn2c1OCCOC(C)(C)C. The number of rotatable bonds is 4. The smallest absolute Gasteiger partial charge is 0.256 e. The predicted octanol–water partition coefficient (Wildman–Crippen LogP) is 2.28. The molecule has 0 aliphatic heterocycles. The van der Waals surface area contributed by atoms with Crippen LogP contribution in [0.4, 0.5) is 0 Å². The Bertz CT molecular complexity index is 577. The summed E-state index contributed by atoms with van der Waals surface area (Å²) in [5, 5.41) is 4.43. The molecule has 2 aromatic rings. The number of hydrogen-bond donors (Lipinski definition) is 0. The van der Waals surface area contributed by atoms with Gasteiger partial charge >= 0.3 is 0 Å². The zero-order chi connectivity index (χ0) is 14.0. The molecule has 7 heteroatoms. The van der Waals surface area contributed by atoms with E-state index in [1.54, 1.807) is 0 Å². The van der Waals surface area contributed by atoms with E-state index in [-0.39, 0.29) is 5.60 Å². The highest BCUT2D eigenvalue weighted by atomic mass is 35.5. The Morgan fingerprint density at radius 3 is 2.74 bits per heavy atom. The summed E-state index contributed by atoms with van der Waals surface area (Å²) in [6.45, 7) is 8.72. The number of nitrogens with zero attached hydrogens (tertiary/aromatic N) is 4. The quantitative estimate of drug-likeness (QED) is 0.637. The molecule has 0 aliphatic carbocycles. The van der Waals surface area contributed by atoms with E-state index in [1.807, 2.05) is 27.7 Å². The van der Waals surface area contributed by atoms with Gasteiger partial charge in [0.05, 0.1) is 12.2 Å². The molecule has 0 amide bonds. The van der Waals surface area contributed by atoms with Crippen LogP contribution in [0.3, 0.4) is 0 Å². The molecule has 0 fully saturated rings. The van der Waals surface area contributed by atoms with Crippen LogP contribution in [0.5, 0.6) is 5.88 Å². The van der Waals surface area contributed by atoms with Gasteiger partial charge in [0.2, 0.25) is 5.88 Å². The Kier molecular flexibility index (Phi) is 3.91. The van der Waals surface area contributed by atoms with Crippen LogP contribution in [0.15, 0.2) is 6.33 Å². The molecule has 104 valence electrons. The summed E-state index contributed by atoms with van der Waals surface area (Å²) < 4.78 is 12.8. The first-order valence-electron chi connectivity index (χ1n) is 6.01. The van der Waals surface area contributed by atoms with E-state index in [0.29, 0.717) is 30.0 Å². The average Bonchev–Trinajstić information content (AvgIpc) is 2.74. The van der Waals surface area contributed by atoms with E-state index in [0.717, 1.165) is 5.56 Å². The molecule has 0 saturated heterocycles. The third-order valence-corrected chi connectivity index (χ3v) is 2.78. The van der Waals surface area contributed by atoms with E-state index in [2.05, 4.69) is 15.1 Å². The highest BCUT2D eigenvalue weighted by molar-refractivity contribution is 6.30. The minimum Gasteiger partial charge on any atom is -0.475 e. The molecule has 0 N–H and O–H groups in total. The normalized spacial score (nSPS) is 12.1. The highest BCUT2D eigenvalue weighted by Gasteiger charge is 2.14. The third kappa shape index (κ3) is 3.33. The Morgan fingerprint density at radius 1 is 1.32 bits per heavy atom. The van der Waals surface area contributed by atoms with Crippen LogP contribution in [-0.2, 0) is 4.74 Å². The van der Waals surface area contributed by atoms with Crippen molar-refractivity contribution >= 4 is 17.4 Å². The zero-order valence-electron chi connectivity index (χ0n) is 11.5. The van der Waals surface area contributed by atoms with Gasteiger partial charge in [-0.15, -0.1) is 0 Å². The molecule has 0 atom stereocenters. The predicted molar refractivity (Wildman–Crippen MR) is 71.7 cm³/mol. The van der Waals surface area contributed by atoms with Crippen LogP contribution in [0.25, 0.3) is 5.78 Å². The van der Waals surface area contributed by atoms with Crippen molar-refractivity contribution in [2.75, 3.05) is 13.2 Å². The summed E-state index contributed by atoms with van der Waals surface area (Å²) in [4.78, 5) is 8.10. The lowest BCUT2D eigenvalue weighted by molar-refractivity contribution is -0.0171. The van der Waals surface area contributed by atoms with E-state index < -0.39 is 0 Å². The van der Waals surface area contributed by atoms with Gasteiger partial charge in [-0.05, 0) is 27.7 Å². The van der Waals surface area contributed by atoms with Gasteiger partial charge in [-0.25, -0.2) is 0 Å². The van der Waals surface area contributed by atoms with Gasteiger partial charge in [-0.2, -0.15) is 19.6 Å². The molecule has 19 heavy (non-hydrogen) atoms. The lowest BCUT2D eigenvalue weighted by atomic mass is 10.2. The summed E-state index contributed by atoms with van der Waals surface area (Å²) in [7, 11) is 0. The molecule has 6 nitrogen and oxygen atoms in total. The first kappa shape index (κ1) is 14.0. The van der Waals surface area contributed by atoms with Crippen molar-refractivity contribution in [3.63, 3.8) is 0 Å². The van der Waals surface area contributed by atoms with Crippen molar-refractivity contribution in [3.05, 3.63) is 17.0 Å². The lowest BCUT2D eigenvalue weighted by Crippen LogP contribution is -2.23. The summed E-state index contributed by atoms with van der Waals surface area (Å²) >= 11 is 6.03. The van der Waals surface area contributed by atoms with Gasteiger partial charge in [0.15, 0.2) is 0 Å². The zero-order valence-corrected chi connectivity index (χ0v) is 12.2. The van der Waals surface area contributed by atoms with Crippen LogP contribution < -0.4 is 4.74 Å². The molecule has 0 aliphatic rings. The van der Waals surface area contributed by atoms with Gasteiger partial charge in [0.1, 0.15) is 18.1 Å². The van der Waals surface area contributed by atoms with Crippen molar-refractivity contribution in [2.24, 2.45) is 0 Å². The molecule has 0 unspecified atom stereocenters. The Morgan fingerprint density at radius 2 is 2.05 bits per heavy atom. The molecule has 2 rings (SSSR count). The lowest BCUT2D eigenvalue weighted by Gasteiger charge is -2.19. The Labute approximate surface area is 116 Å². The summed E-state index contributed by atoms with van der Waals surface area (Å²) in [5.74, 6) is 0.965. The Hall–Kier alpha value is -1.40. The Balaban J connectivity index is 2.11. The molecular weight excluding hydrogens is 268 g/mol. The van der Waals surface area contributed by atoms with E-state index in [9.17, 15) is 0 Å². The van der Waals surface area contributed by atoms with Gasteiger partial charge in [-0.1, -0.05) is 11.6 Å². The number of fused-ring (bicyclic) bond motifs is 1. The molecule has 0 aromatic carbocycles. The maximum atomic E-state index is 6.03. The van der Waals surface area contributed by atoms with Crippen molar-refractivity contribution in [2.45, 2.75) is 33.3 Å². The van der Waals surface area contributed by atoms with Crippen molar-refractivity contribution in [1.29, 1.82) is 0 Å². The summed E-state index contributed by atoms with van der Waals surface area (Å²) in [6.07, 6.45) is 1.41. The van der Waals surface area contributed by atoms with E-state index in [1.165, 1.54) is 10.8 Å². The second kappa shape index (κ2) is 5.30. The number of ether oxygens (including phenoxy) is 2. The second-order valence-electron chi connectivity index (χ2n) is 5.11. The molecule has 0 saturated carbocycles. The largest absolute Gasteiger partial charge is 0.475 e. The van der Waals surface area contributed by atoms with Crippen molar-refractivity contribution in [3.8, 4) is 5.88 Å². The van der Waals surface area contributed by atoms with Gasteiger partial charge in [-0.3, -0.25) is 0 Å². The molecule has 0 spiro atoms. The van der Waals surface area contributed by atoms with Crippen LogP contribution in [0, 0.1) is 6.92 Å². The number of aromatic nitrogens is 4. The van der Waals surface area contributed by atoms with Crippen LogP contribution in [-0.4, -0.2) is 38.4 Å². The number of halogens is 1. The minimum atomic E-state index is -0.184. The number of hydrogen-bond acceptors (Lipinski definition) is 5. The topological polar surface area (TPSA) is 61.5 Å². The van der Waals surface area contributed by atoms with Crippen molar-refractivity contribution in [1.82, 2.24) is 19.6 Å². The second-order valence-corrected chi connectivity index (χ2v) is 5.47. The fourth-order valence-corrected chi connectivity index (χ4v) is 1.69. The summed E-state index contributed by atoms with van der Waals surface area (Å²) in [5.41, 5.74) is 0.548. The highest BCUT2D eigenvalue weighted by Crippen LogP contribution is 2.24. The molecule has 0 radical (unpaired) electrons. The van der Waals surface area contributed by atoms with Crippen LogP contribution in [0.2, 0.25) is 5.15 Å². The molecule has 0 bridgehead atoms. The fraction of sp³-hybridized carbons (Fsp3) is 0.583. The minimum absolute atomic E-state index is 0.184. The maximum Gasteiger partial charge on any atom is 0.256 e. The third-order valence-electron chi connectivity index (χ3n) is 2.41. The first-order valence-corrected chi connectivity index (χ1v) is 6.39. The molecule has 2 aromatic heterocycles. The first-order chi connectivity index (χ1) is 8.88. The summed E-state index contributed by atoms with van der Waals surface area (Å²) in [6, 6.07) is 0. The monoisotopic (exact) mass is 284 g/mol. The van der Waals surface area contributed by atoms with Crippen molar-refractivity contribution < 1.29 is 9.47 Å². The van der Waals surface area contributed by atoms with Crippen LogP contribution >= 0.6 is 11.6 Å². The fourth-order valence-electron chi connectivity index (χ4n) is 1.53. The van der Waals surface area contributed by atoms with Gasteiger partial charge in [0, 0.05) is 5.56 Å². The average molecular weight is 285 g/mol. The van der Waals surface area contributed by atoms with E-state index >= 15 is 0 Å². The van der Waals surface area contributed by atoms with Crippen LogP contribution in [0.1, 0.15) is 26.3 Å². The maximum absolute atomic E-state index is 6.03. The van der Waals surface area contributed by atoms with Gasteiger partial charge < -0.3 is 9.47 Å². The van der Waals surface area contributed by atoms with E-state index in [4.69, 9.17) is 21.1 Å². The standard InChI is InChI=1S/C12H17ClN4O2/c1-8-9(13)16-11-14-7-15-17(11)10(8)18-5-6-19-12(2,3)4/h7H,5-6H2,1-4H3. The molecular formula is C12H17ClN4O2.